The van der Waals surface area contributed by atoms with Gasteiger partial charge in [0.25, 0.3) is 5.91 Å². The summed E-state index contributed by atoms with van der Waals surface area (Å²) in [7, 11) is 0. The lowest BCUT2D eigenvalue weighted by Gasteiger charge is -2.27. The predicted octanol–water partition coefficient (Wildman–Crippen LogP) is 2.16. The molecule has 2 aromatic rings. The van der Waals surface area contributed by atoms with Gasteiger partial charge in [-0.25, -0.2) is 5.43 Å². The van der Waals surface area contributed by atoms with E-state index in [2.05, 4.69) is 10.5 Å². The number of carbonyl (C=O) groups is 1. The van der Waals surface area contributed by atoms with Crippen molar-refractivity contribution in [1.82, 2.24) is 5.43 Å². The molecule has 0 spiro atoms. The highest BCUT2D eigenvalue weighted by Gasteiger charge is 2.28. The van der Waals surface area contributed by atoms with E-state index in [0.717, 1.165) is 0 Å². The smallest absolute Gasteiger partial charge is 0.284 e. The first-order valence-electron chi connectivity index (χ1n) is 8.32. The Morgan fingerprint density at radius 2 is 1.38 bits per heavy atom. The first kappa shape index (κ1) is 16.3. The normalized spacial score (nSPS) is 21.0. The number of hydrogen-bond donors (Lipinski definition) is 1. The molecule has 4 rings (SSSR count). The maximum absolute atomic E-state index is 12.3. The van der Waals surface area contributed by atoms with Gasteiger partial charge in [-0.3, -0.25) is 4.79 Å². The second-order valence-corrected chi connectivity index (χ2v) is 5.96. The molecular weight excluding hydrogens is 336 g/mol. The molecule has 26 heavy (non-hydrogen) atoms. The molecule has 2 heterocycles. The van der Waals surface area contributed by atoms with E-state index in [0.29, 0.717) is 35.3 Å². The molecule has 0 radical (unpaired) electrons. The molecule has 2 aromatic carbocycles. The number of hydrazone groups is 1. The molecule has 1 N–H and O–H groups in total. The zero-order valence-corrected chi connectivity index (χ0v) is 14.2. The van der Waals surface area contributed by atoms with Gasteiger partial charge < -0.3 is 18.9 Å². The highest BCUT2D eigenvalue weighted by atomic mass is 16.6. The van der Waals surface area contributed by atoms with Crippen LogP contribution in [-0.2, 0) is 4.79 Å². The molecule has 0 aromatic heterocycles. The molecule has 7 nitrogen and oxygen atoms in total. The molecule has 2 atom stereocenters. The second kappa shape index (κ2) is 6.95. The molecular formula is C19H18N2O5. The summed E-state index contributed by atoms with van der Waals surface area (Å²) in [4.78, 5) is 12.3. The number of carbonyl (C=O) groups excluding carboxylic acids is 1. The van der Waals surface area contributed by atoms with Crippen LogP contribution in [0.4, 0.5) is 0 Å². The predicted molar refractivity (Wildman–Crippen MR) is 94.0 cm³/mol. The lowest BCUT2D eigenvalue weighted by Crippen LogP contribution is -2.43. The highest BCUT2D eigenvalue weighted by Crippen LogP contribution is 2.32. The van der Waals surface area contributed by atoms with E-state index < -0.39 is 6.10 Å². The number of hydrogen-bond acceptors (Lipinski definition) is 6. The standard InChI is InChI=1S/C19H18N2O5/c1-12(17-10-23-13-6-2-4-8-15(13)25-17)20-21-19(22)18-11-24-14-7-3-5-9-16(14)26-18/h2-9,17-18H,10-11H2,1H3,(H,21,22)/b20-12-/t17-,18+/m1/s1. The number of rotatable bonds is 3. The Morgan fingerprint density at radius 1 is 0.885 bits per heavy atom. The van der Waals surface area contributed by atoms with Crippen LogP contribution in [0.5, 0.6) is 23.0 Å². The Morgan fingerprint density at radius 3 is 2.00 bits per heavy atom. The summed E-state index contributed by atoms with van der Waals surface area (Å²) in [5.41, 5.74) is 3.11. The van der Waals surface area contributed by atoms with Gasteiger partial charge in [-0.2, -0.15) is 5.10 Å². The fraction of sp³-hybridized carbons (Fsp3) is 0.263. The van der Waals surface area contributed by atoms with Gasteiger partial charge in [-0.15, -0.1) is 0 Å². The Hall–Kier alpha value is -3.22. The highest BCUT2D eigenvalue weighted by molar-refractivity contribution is 5.89. The van der Waals surface area contributed by atoms with Gasteiger partial charge in [0.2, 0.25) is 6.10 Å². The number of nitrogens with one attached hydrogen (secondary N) is 1. The number of amides is 1. The van der Waals surface area contributed by atoms with Gasteiger partial charge in [-0.1, -0.05) is 24.3 Å². The largest absolute Gasteiger partial charge is 0.485 e. The van der Waals surface area contributed by atoms with Crippen molar-refractivity contribution in [2.45, 2.75) is 19.1 Å². The number of para-hydroxylation sites is 4. The third-order valence-electron chi connectivity index (χ3n) is 4.12. The summed E-state index contributed by atoms with van der Waals surface area (Å²) in [6.07, 6.45) is -1.12. The summed E-state index contributed by atoms with van der Waals surface area (Å²) in [5, 5.41) is 4.13. The monoisotopic (exact) mass is 354 g/mol. The van der Waals surface area contributed by atoms with Gasteiger partial charge in [0.15, 0.2) is 29.1 Å². The minimum atomic E-state index is -0.759. The molecule has 0 saturated heterocycles. The lowest BCUT2D eigenvalue weighted by molar-refractivity contribution is -0.130. The van der Waals surface area contributed by atoms with Crippen molar-refractivity contribution in [2.24, 2.45) is 5.10 Å². The van der Waals surface area contributed by atoms with Crippen molar-refractivity contribution in [3.8, 4) is 23.0 Å². The Bertz CT molecular complexity index is 851. The number of nitrogens with zero attached hydrogens (tertiary/aromatic N) is 1. The fourth-order valence-electron chi connectivity index (χ4n) is 2.66. The third-order valence-corrected chi connectivity index (χ3v) is 4.12. The van der Waals surface area contributed by atoms with E-state index in [1.165, 1.54) is 0 Å². The molecule has 2 aliphatic rings. The zero-order valence-electron chi connectivity index (χ0n) is 14.2. The second-order valence-electron chi connectivity index (χ2n) is 5.96. The van der Waals surface area contributed by atoms with Crippen LogP contribution in [0, 0.1) is 0 Å². The third kappa shape index (κ3) is 3.28. The van der Waals surface area contributed by atoms with Crippen LogP contribution >= 0.6 is 0 Å². The van der Waals surface area contributed by atoms with Crippen LogP contribution in [0.2, 0.25) is 0 Å². The van der Waals surface area contributed by atoms with E-state index in [9.17, 15) is 4.79 Å². The van der Waals surface area contributed by atoms with Gasteiger partial charge in [-0.05, 0) is 31.2 Å². The first-order chi connectivity index (χ1) is 12.7. The average Bonchev–Trinajstić information content (AvgIpc) is 2.71. The van der Waals surface area contributed by atoms with E-state index in [1.807, 2.05) is 36.4 Å². The topological polar surface area (TPSA) is 78.4 Å². The van der Waals surface area contributed by atoms with E-state index in [-0.39, 0.29) is 18.6 Å². The van der Waals surface area contributed by atoms with Crippen molar-refractivity contribution >= 4 is 11.6 Å². The van der Waals surface area contributed by atoms with E-state index in [4.69, 9.17) is 18.9 Å². The van der Waals surface area contributed by atoms with Crippen LogP contribution in [0.25, 0.3) is 0 Å². The maximum atomic E-state index is 12.3. The van der Waals surface area contributed by atoms with Crippen molar-refractivity contribution < 1.29 is 23.7 Å². The Kier molecular flexibility index (Phi) is 4.35. The lowest BCUT2D eigenvalue weighted by atomic mass is 10.2. The molecule has 0 fully saturated rings. The minimum Gasteiger partial charge on any atom is -0.485 e. The summed E-state index contributed by atoms with van der Waals surface area (Å²) in [6.45, 7) is 2.24. The number of benzene rings is 2. The van der Waals surface area contributed by atoms with Crippen LogP contribution in [0.1, 0.15) is 6.92 Å². The van der Waals surface area contributed by atoms with Crippen molar-refractivity contribution in [3.05, 3.63) is 48.5 Å². The van der Waals surface area contributed by atoms with Crippen LogP contribution in [-0.4, -0.2) is 37.0 Å². The Labute approximate surface area is 150 Å². The van der Waals surface area contributed by atoms with Crippen LogP contribution in [0.3, 0.4) is 0 Å². The first-order valence-corrected chi connectivity index (χ1v) is 8.32. The van der Waals surface area contributed by atoms with Crippen molar-refractivity contribution in [2.75, 3.05) is 13.2 Å². The summed E-state index contributed by atoms with van der Waals surface area (Å²) in [6, 6.07) is 14.7. The Balaban J connectivity index is 1.37. The molecule has 134 valence electrons. The van der Waals surface area contributed by atoms with E-state index >= 15 is 0 Å². The zero-order chi connectivity index (χ0) is 17.9. The maximum Gasteiger partial charge on any atom is 0.284 e. The van der Waals surface area contributed by atoms with Crippen LogP contribution < -0.4 is 24.4 Å². The molecule has 0 bridgehead atoms. The number of fused-ring (bicyclic) bond motifs is 2. The number of ether oxygens (including phenoxy) is 4. The quantitative estimate of drug-likeness (QED) is 0.675. The molecule has 1 amide bonds. The molecule has 2 aliphatic heterocycles. The minimum absolute atomic E-state index is 0.133. The van der Waals surface area contributed by atoms with Gasteiger partial charge >= 0.3 is 0 Å². The summed E-state index contributed by atoms with van der Waals surface area (Å²) < 4.78 is 22.7. The van der Waals surface area contributed by atoms with E-state index in [1.54, 1.807) is 19.1 Å². The van der Waals surface area contributed by atoms with Crippen molar-refractivity contribution in [3.63, 3.8) is 0 Å². The summed E-state index contributed by atoms with van der Waals surface area (Å²) >= 11 is 0. The van der Waals surface area contributed by atoms with Gasteiger partial charge in [0, 0.05) is 0 Å². The summed E-state index contributed by atoms with van der Waals surface area (Å²) in [5.74, 6) is 2.15. The molecule has 0 saturated carbocycles. The van der Waals surface area contributed by atoms with Gasteiger partial charge in [0.05, 0.1) is 5.71 Å². The van der Waals surface area contributed by atoms with Crippen LogP contribution in [0.15, 0.2) is 53.6 Å². The SMILES string of the molecule is C/C(=N/NC(=O)[C@@H]1COc2ccccc2O1)[C@H]1COc2ccccc2O1. The fourth-order valence-corrected chi connectivity index (χ4v) is 2.66. The molecule has 0 unspecified atom stereocenters. The molecule has 7 heteroatoms. The van der Waals surface area contributed by atoms with Gasteiger partial charge in [0.1, 0.15) is 13.2 Å². The average molecular weight is 354 g/mol. The molecule has 0 aliphatic carbocycles. The van der Waals surface area contributed by atoms with Crippen molar-refractivity contribution in [1.29, 1.82) is 0 Å².